The minimum atomic E-state index is -2.39. The fraction of sp³-hybridized carbons (Fsp3) is 1.00. The molecule has 0 saturated carbocycles. The highest BCUT2D eigenvalue weighted by atomic mass is 28.4. The molecular formula is C23H51NO3Si. The summed E-state index contributed by atoms with van der Waals surface area (Å²) in [5.74, 6) is 0. The molecule has 1 unspecified atom stereocenters. The summed E-state index contributed by atoms with van der Waals surface area (Å²) in [5.41, 5.74) is 0. The van der Waals surface area contributed by atoms with E-state index in [-0.39, 0.29) is 0 Å². The van der Waals surface area contributed by atoms with Crippen LogP contribution in [0.5, 0.6) is 0 Å². The van der Waals surface area contributed by atoms with Crippen molar-refractivity contribution in [1.82, 2.24) is 4.90 Å². The Hall–Kier alpha value is 0.0569. The zero-order valence-corrected chi connectivity index (χ0v) is 21.1. The summed E-state index contributed by atoms with van der Waals surface area (Å²) in [6.07, 6.45) is 20.5. The SMILES string of the molecule is CCCCCCCCCCCCCC(CCCC[Si](OC)(OC)OC)N(C)C. The summed E-state index contributed by atoms with van der Waals surface area (Å²) in [6, 6.07) is 1.61. The Labute approximate surface area is 178 Å². The molecule has 5 heteroatoms. The molecule has 0 saturated heterocycles. The third kappa shape index (κ3) is 14.1. The first-order valence-electron chi connectivity index (χ1n) is 11.9. The first-order valence-corrected chi connectivity index (χ1v) is 13.8. The van der Waals surface area contributed by atoms with Gasteiger partial charge in [0.1, 0.15) is 0 Å². The standard InChI is InChI=1S/C23H51NO3Si/c1-7-8-9-10-11-12-13-14-15-16-17-20-23(24(2)3)21-18-19-22-28(25-4,26-5)27-6/h23H,7-22H2,1-6H3. The molecule has 4 nitrogen and oxygen atoms in total. The smallest absolute Gasteiger partial charge is 0.377 e. The average molecular weight is 418 g/mol. The molecule has 0 amide bonds. The monoisotopic (exact) mass is 417 g/mol. The fourth-order valence-electron chi connectivity index (χ4n) is 3.98. The molecular weight excluding hydrogens is 366 g/mol. The van der Waals surface area contributed by atoms with Crippen LogP contribution in [-0.4, -0.2) is 55.2 Å². The third-order valence-electron chi connectivity index (χ3n) is 6.07. The topological polar surface area (TPSA) is 30.9 Å². The van der Waals surface area contributed by atoms with Gasteiger partial charge in [-0.3, -0.25) is 0 Å². The Morgan fingerprint density at radius 3 is 1.39 bits per heavy atom. The van der Waals surface area contributed by atoms with Crippen molar-refractivity contribution >= 4 is 8.80 Å². The van der Waals surface area contributed by atoms with E-state index < -0.39 is 8.80 Å². The van der Waals surface area contributed by atoms with Crippen molar-refractivity contribution in [3.8, 4) is 0 Å². The molecule has 0 aromatic carbocycles. The van der Waals surface area contributed by atoms with Crippen LogP contribution in [0, 0.1) is 0 Å². The van der Waals surface area contributed by atoms with Crippen LogP contribution in [0.1, 0.15) is 103 Å². The van der Waals surface area contributed by atoms with Gasteiger partial charge in [-0.1, -0.05) is 84.0 Å². The van der Waals surface area contributed by atoms with Gasteiger partial charge in [0.25, 0.3) is 0 Å². The van der Waals surface area contributed by atoms with E-state index in [4.69, 9.17) is 13.3 Å². The molecule has 170 valence electrons. The maximum absolute atomic E-state index is 5.52. The van der Waals surface area contributed by atoms with E-state index in [1.165, 1.54) is 89.9 Å². The van der Waals surface area contributed by atoms with Crippen LogP contribution in [0.3, 0.4) is 0 Å². The lowest BCUT2D eigenvalue weighted by Crippen LogP contribution is -2.42. The molecule has 0 aromatic heterocycles. The van der Waals surface area contributed by atoms with Crippen LogP contribution in [0.15, 0.2) is 0 Å². The van der Waals surface area contributed by atoms with Gasteiger partial charge in [-0.2, -0.15) is 0 Å². The molecule has 0 aliphatic carbocycles. The van der Waals surface area contributed by atoms with Gasteiger partial charge >= 0.3 is 8.80 Å². The number of unbranched alkanes of at least 4 members (excludes halogenated alkanes) is 11. The van der Waals surface area contributed by atoms with E-state index >= 15 is 0 Å². The number of hydrogen-bond acceptors (Lipinski definition) is 4. The minimum absolute atomic E-state index is 0.697. The minimum Gasteiger partial charge on any atom is -0.377 e. The van der Waals surface area contributed by atoms with Crippen molar-refractivity contribution < 1.29 is 13.3 Å². The molecule has 1 atom stereocenters. The molecule has 0 spiro atoms. The number of rotatable bonds is 21. The van der Waals surface area contributed by atoms with Crippen LogP contribution in [0.25, 0.3) is 0 Å². The van der Waals surface area contributed by atoms with Gasteiger partial charge in [0.15, 0.2) is 0 Å². The normalized spacial score (nSPS) is 13.4. The molecule has 0 heterocycles. The first-order chi connectivity index (χ1) is 13.5. The van der Waals surface area contributed by atoms with E-state index in [0.29, 0.717) is 6.04 Å². The van der Waals surface area contributed by atoms with Crippen molar-refractivity contribution in [2.45, 2.75) is 115 Å². The summed E-state index contributed by atoms with van der Waals surface area (Å²) < 4.78 is 16.6. The lowest BCUT2D eigenvalue weighted by atomic mass is 10.0. The van der Waals surface area contributed by atoms with Crippen LogP contribution >= 0.6 is 0 Å². The van der Waals surface area contributed by atoms with Crippen molar-refractivity contribution in [3.63, 3.8) is 0 Å². The van der Waals surface area contributed by atoms with Crippen LogP contribution in [0.2, 0.25) is 6.04 Å². The van der Waals surface area contributed by atoms with Gasteiger partial charge in [0.05, 0.1) is 0 Å². The van der Waals surface area contributed by atoms with Gasteiger partial charge in [0.2, 0.25) is 0 Å². The largest absolute Gasteiger partial charge is 0.500 e. The maximum atomic E-state index is 5.52. The second-order valence-electron chi connectivity index (χ2n) is 8.48. The summed E-state index contributed by atoms with van der Waals surface area (Å²) in [5, 5.41) is 0. The molecule has 0 rings (SSSR count). The first kappa shape index (κ1) is 28.1. The van der Waals surface area contributed by atoms with Crippen molar-refractivity contribution in [2.75, 3.05) is 35.4 Å². The highest BCUT2D eigenvalue weighted by Crippen LogP contribution is 2.20. The quantitative estimate of drug-likeness (QED) is 0.154. The van der Waals surface area contributed by atoms with E-state index in [1.807, 2.05) is 0 Å². The van der Waals surface area contributed by atoms with Gasteiger partial charge in [-0.15, -0.1) is 0 Å². The van der Waals surface area contributed by atoms with Crippen molar-refractivity contribution in [1.29, 1.82) is 0 Å². The second kappa shape index (κ2) is 19.0. The lowest BCUT2D eigenvalue weighted by molar-refractivity contribution is 0.122. The summed E-state index contributed by atoms with van der Waals surface area (Å²) in [7, 11) is 7.17. The van der Waals surface area contributed by atoms with Crippen LogP contribution in [-0.2, 0) is 13.3 Å². The molecule has 0 bridgehead atoms. The third-order valence-corrected chi connectivity index (χ3v) is 8.91. The molecule has 0 fully saturated rings. The van der Waals surface area contributed by atoms with E-state index in [2.05, 4.69) is 25.9 Å². The number of nitrogens with zero attached hydrogens (tertiary/aromatic N) is 1. The zero-order valence-electron chi connectivity index (χ0n) is 20.1. The Balaban J connectivity index is 3.73. The predicted octanol–water partition coefficient (Wildman–Crippen LogP) is 6.67. The maximum Gasteiger partial charge on any atom is 0.500 e. The second-order valence-corrected chi connectivity index (χ2v) is 11.6. The highest BCUT2D eigenvalue weighted by molar-refractivity contribution is 6.60. The number of hydrogen-bond donors (Lipinski definition) is 0. The fourth-order valence-corrected chi connectivity index (χ4v) is 5.78. The molecule has 0 aromatic rings. The van der Waals surface area contributed by atoms with Crippen molar-refractivity contribution in [2.24, 2.45) is 0 Å². The van der Waals surface area contributed by atoms with E-state index in [0.717, 1.165) is 12.5 Å². The highest BCUT2D eigenvalue weighted by Gasteiger charge is 2.36. The van der Waals surface area contributed by atoms with Gasteiger partial charge < -0.3 is 18.2 Å². The lowest BCUT2D eigenvalue weighted by Gasteiger charge is -2.26. The predicted molar refractivity (Wildman–Crippen MR) is 124 cm³/mol. The zero-order chi connectivity index (χ0) is 21.1. The molecule has 0 aliphatic heterocycles. The van der Waals surface area contributed by atoms with Gasteiger partial charge in [0, 0.05) is 33.4 Å². The molecule has 0 radical (unpaired) electrons. The van der Waals surface area contributed by atoms with E-state index in [1.54, 1.807) is 21.3 Å². The van der Waals surface area contributed by atoms with E-state index in [9.17, 15) is 0 Å². The summed E-state index contributed by atoms with van der Waals surface area (Å²) in [4.78, 5) is 2.41. The Bertz CT molecular complexity index is 317. The van der Waals surface area contributed by atoms with Crippen LogP contribution in [0.4, 0.5) is 0 Å². The summed E-state index contributed by atoms with van der Waals surface area (Å²) in [6.45, 7) is 2.29. The molecule has 0 N–H and O–H groups in total. The Morgan fingerprint density at radius 2 is 1.00 bits per heavy atom. The Morgan fingerprint density at radius 1 is 0.607 bits per heavy atom. The van der Waals surface area contributed by atoms with Gasteiger partial charge in [-0.05, 0) is 33.4 Å². The van der Waals surface area contributed by atoms with Crippen LogP contribution < -0.4 is 0 Å². The van der Waals surface area contributed by atoms with Crippen molar-refractivity contribution in [3.05, 3.63) is 0 Å². The summed E-state index contributed by atoms with van der Waals surface area (Å²) >= 11 is 0. The molecule has 28 heavy (non-hydrogen) atoms. The molecule has 0 aliphatic rings. The van der Waals surface area contributed by atoms with Gasteiger partial charge in [-0.25, -0.2) is 0 Å². The Kier molecular flexibility index (Phi) is 19.1. The average Bonchev–Trinajstić information content (AvgIpc) is 2.70.